The van der Waals surface area contributed by atoms with Crippen LogP contribution < -0.4 is 10.5 Å². The van der Waals surface area contributed by atoms with Crippen LogP contribution in [0.15, 0.2) is 24.3 Å². The van der Waals surface area contributed by atoms with Gasteiger partial charge in [0.05, 0.1) is 0 Å². The van der Waals surface area contributed by atoms with E-state index in [-0.39, 0.29) is 18.6 Å². The summed E-state index contributed by atoms with van der Waals surface area (Å²) in [5.41, 5.74) is 5.82. The lowest BCUT2D eigenvalue weighted by Crippen LogP contribution is -2.23. The molecule has 0 aliphatic heterocycles. The number of rotatable bonds is 6. The number of aliphatic hydroxyl groups is 1. The molecule has 0 unspecified atom stereocenters. The fourth-order valence-electron chi connectivity index (χ4n) is 1.71. The quantitative estimate of drug-likeness (QED) is 0.781. The number of benzene rings is 1. The number of primary amides is 1. The van der Waals surface area contributed by atoms with E-state index in [0.717, 1.165) is 5.56 Å². The van der Waals surface area contributed by atoms with E-state index >= 15 is 0 Å². The van der Waals surface area contributed by atoms with Crippen LogP contribution in [-0.4, -0.2) is 24.2 Å². The average molecular weight is 237 g/mol. The van der Waals surface area contributed by atoms with E-state index in [1.165, 1.54) is 0 Å². The maximum absolute atomic E-state index is 10.7. The van der Waals surface area contributed by atoms with Gasteiger partial charge >= 0.3 is 0 Å². The molecule has 0 aliphatic carbocycles. The van der Waals surface area contributed by atoms with E-state index in [1.54, 1.807) is 6.07 Å². The summed E-state index contributed by atoms with van der Waals surface area (Å²) in [7, 11) is 0. The van der Waals surface area contributed by atoms with Gasteiger partial charge in [0.15, 0.2) is 6.61 Å². The summed E-state index contributed by atoms with van der Waals surface area (Å²) < 4.78 is 5.38. The van der Waals surface area contributed by atoms with Crippen LogP contribution in [0.4, 0.5) is 0 Å². The summed E-state index contributed by atoms with van der Waals surface area (Å²) in [4.78, 5) is 10.7. The van der Waals surface area contributed by atoms with Crippen LogP contribution in [0.1, 0.15) is 25.8 Å². The molecular formula is C13H19NO3. The monoisotopic (exact) mass is 237 g/mol. The number of hydrogen-bond acceptors (Lipinski definition) is 3. The van der Waals surface area contributed by atoms with Crippen LogP contribution in [0.5, 0.6) is 5.75 Å². The number of amides is 1. The zero-order valence-corrected chi connectivity index (χ0v) is 10.3. The molecule has 0 radical (unpaired) electrons. The molecule has 0 spiro atoms. The standard InChI is InChI=1S/C13H19NO3/c1-13(2,7-8-15)10-5-3-4-6-11(10)17-9-12(14)16/h3-6,15H,7-9H2,1-2H3,(H2,14,16). The molecule has 1 aromatic rings. The molecule has 1 rings (SSSR count). The fraction of sp³-hybridized carbons (Fsp3) is 0.462. The first-order valence-corrected chi connectivity index (χ1v) is 5.59. The fourth-order valence-corrected chi connectivity index (χ4v) is 1.71. The summed E-state index contributed by atoms with van der Waals surface area (Å²) in [5.74, 6) is 0.143. The lowest BCUT2D eigenvalue weighted by molar-refractivity contribution is -0.119. The Morgan fingerprint density at radius 2 is 2.06 bits per heavy atom. The molecule has 0 aliphatic rings. The van der Waals surface area contributed by atoms with E-state index in [9.17, 15) is 4.79 Å². The predicted octanol–water partition coefficient (Wildman–Crippen LogP) is 1.21. The van der Waals surface area contributed by atoms with Gasteiger partial charge in [-0.2, -0.15) is 0 Å². The minimum atomic E-state index is -0.500. The summed E-state index contributed by atoms with van der Waals surface area (Å²) in [6.45, 7) is 4.02. The zero-order chi connectivity index (χ0) is 12.9. The number of carbonyl (C=O) groups excluding carboxylic acids is 1. The van der Waals surface area contributed by atoms with Crippen molar-refractivity contribution < 1.29 is 14.6 Å². The number of ether oxygens (including phenoxy) is 1. The molecule has 3 N–H and O–H groups in total. The Balaban J connectivity index is 2.94. The van der Waals surface area contributed by atoms with Crippen LogP contribution >= 0.6 is 0 Å². The lowest BCUT2D eigenvalue weighted by Gasteiger charge is -2.26. The van der Waals surface area contributed by atoms with Gasteiger partial charge in [-0.15, -0.1) is 0 Å². The van der Waals surface area contributed by atoms with Crippen LogP contribution in [0.2, 0.25) is 0 Å². The number of carbonyl (C=O) groups is 1. The summed E-state index contributed by atoms with van der Waals surface area (Å²) in [5, 5.41) is 9.06. The van der Waals surface area contributed by atoms with Gasteiger partial charge in [0.1, 0.15) is 5.75 Å². The highest BCUT2D eigenvalue weighted by molar-refractivity contribution is 5.75. The molecule has 0 heterocycles. The number of hydrogen-bond donors (Lipinski definition) is 2. The van der Waals surface area contributed by atoms with Gasteiger partial charge < -0.3 is 15.6 Å². The van der Waals surface area contributed by atoms with E-state index < -0.39 is 5.91 Å². The Morgan fingerprint density at radius 3 is 2.65 bits per heavy atom. The molecular weight excluding hydrogens is 218 g/mol. The molecule has 0 saturated carbocycles. The van der Waals surface area contributed by atoms with Gasteiger partial charge in [-0.1, -0.05) is 32.0 Å². The topological polar surface area (TPSA) is 72.6 Å². The Labute approximate surface area is 101 Å². The molecule has 17 heavy (non-hydrogen) atoms. The molecule has 0 bridgehead atoms. The highest BCUT2D eigenvalue weighted by Crippen LogP contribution is 2.33. The highest BCUT2D eigenvalue weighted by Gasteiger charge is 2.23. The number of aliphatic hydroxyl groups excluding tert-OH is 1. The second kappa shape index (κ2) is 5.68. The summed E-state index contributed by atoms with van der Waals surface area (Å²) in [6.07, 6.45) is 0.629. The van der Waals surface area contributed by atoms with E-state index in [0.29, 0.717) is 12.2 Å². The van der Waals surface area contributed by atoms with Crippen molar-refractivity contribution in [1.82, 2.24) is 0 Å². The predicted molar refractivity (Wildman–Crippen MR) is 65.9 cm³/mol. The number of nitrogens with two attached hydrogens (primary N) is 1. The van der Waals surface area contributed by atoms with Gasteiger partial charge in [0, 0.05) is 6.61 Å². The van der Waals surface area contributed by atoms with E-state index in [2.05, 4.69) is 0 Å². The average Bonchev–Trinajstić information content (AvgIpc) is 2.26. The molecule has 94 valence electrons. The van der Waals surface area contributed by atoms with Crippen LogP contribution in [0, 0.1) is 0 Å². The van der Waals surface area contributed by atoms with Crippen LogP contribution in [0.25, 0.3) is 0 Å². The third-order valence-corrected chi connectivity index (χ3v) is 2.72. The minimum Gasteiger partial charge on any atom is -0.483 e. The summed E-state index contributed by atoms with van der Waals surface area (Å²) >= 11 is 0. The first kappa shape index (κ1) is 13.5. The van der Waals surface area contributed by atoms with Crippen molar-refractivity contribution in [2.75, 3.05) is 13.2 Å². The van der Waals surface area contributed by atoms with Gasteiger partial charge in [-0.05, 0) is 23.5 Å². The molecule has 0 aromatic heterocycles. The molecule has 0 fully saturated rings. The van der Waals surface area contributed by atoms with E-state index in [1.807, 2.05) is 32.0 Å². The molecule has 1 aromatic carbocycles. The third-order valence-electron chi connectivity index (χ3n) is 2.72. The lowest BCUT2D eigenvalue weighted by atomic mass is 9.81. The van der Waals surface area contributed by atoms with Gasteiger partial charge in [0.2, 0.25) is 0 Å². The largest absolute Gasteiger partial charge is 0.483 e. The zero-order valence-electron chi connectivity index (χ0n) is 10.3. The van der Waals surface area contributed by atoms with Crippen molar-refractivity contribution >= 4 is 5.91 Å². The van der Waals surface area contributed by atoms with Crippen LogP contribution in [-0.2, 0) is 10.2 Å². The normalized spacial score (nSPS) is 11.2. The van der Waals surface area contributed by atoms with Gasteiger partial charge in [0.25, 0.3) is 5.91 Å². The third kappa shape index (κ3) is 3.75. The molecule has 4 heteroatoms. The number of para-hydroxylation sites is 1. The molecule has 0 atom stereocenters. The highest BCUT2D eigenvalue weighted by atomic mass is 16.5. The van der Waals surface area contributed by atoms with Crippen molar-refractivity contribution in [3.63, 3.8) is 0 Å². The summed E-state index contributed by atoms with van der Waals surface area (Å²) in [6, 6.07) is 7.49. The molecule has 0 saturated heterocycles. The Hall–Kier alpha value is -1.55. The molecule has 1 amide bonds. The van der Waals surface area contributed by atoms with Crippen LogP contribution in [0.3, 0.4) is 0 Å². The maximum atomic E-state index is 10.7. The maximum Gasteiger partial charge on any atom is 0.255 e. The van der Waals surface area contributed by atoms with Crippen molar-refractivity contribution in [3.8, 4) is 5.75 Å². The van der Waals surface area contributed by atoms with Crippen molar-refractivity contribution in [1.29, 1.82) is 0 Å². The van der Waals surface area contributed by atoms with Crippen molar-refractivity contribution in [2.45, 2.75) is 25.7 Å². The van der Waals surface area contributed by atoms with E-state index in [4.69, 9.17) is 15.6 Å². The second-order valence-electron chi connectivity index (χ2n) is 4.61. The SMILES string of the molecule is CC(C)(CCO)c1ccccc1OCC(N)=O. The minimum absolute atomic E-state index is 0.108. The Morgan fingerprint density at radius 1 is 1.41 bits per heavy atom. The van der Waals surface area contributed by atoms with Crippen molar-refractivity contribution in [2.24, 2.45) is 5.73 Å². The van der Waals surface area contributed by atoms with Crippen molar-refractivity contribution in [3.05, 3.63) is 29.8 Å². The Bertz CT molecular complexity index is 388. The smallest absolute Gasteiger partial charge is 0.255 e. The first-order chi connectivity index (χ1) is 7.97. The molecule has 4 nitrogen and oxygen atoms in total. The Kier molecular flexibility index (Phi) is 4.52. The van der Waals surface area contributed by atoms with Gasteiger partial charge in [-0.25, -0.2) is 0 Å². The second-order valence-corrected chi connectivity index (χ2v) is 4.61. The van der Waals surface area contributed by atoms with Gasteiger partial charge in [-0.3, -0.25) is 4.79 Å². The first-order valence-electron chi connectivity index (χ1n) is 5.59.